The molecule has 5 heteroatoms. The van der Waals surface area contributed by atoms with Crippen LogP contribution in [-0.2, 0) is 4.79 Å². The summed E-state index contributed by atoms with van der Waals surface area (Å²) >= 11 is 5.75. The summed E-state index contributed by atoms with van der Waals surface area (Å²) in [5, 5.41) is 5.63. The van der Waals surface area contributed by atoms with Gasteiger partial charge in [-0.3, -0.25) is 4.79 Å². The van der Waals surface area contributed by atoms with Gasteiger partial charge in [-0.25, -0.2) is 4.39 Å². The Kier molecular flexibility index (Phi) is 2.77. The van der Waals surface area contributed by atoms with Crippen molar-refractivity contribution in [2.45, 2.75) is 12.5 Å². The largest absolute Gasteiger partial charge is 0.372 e. The van der Waals surface area contributed by atoms with Crippen molar-refractivity contribution in [3.05, 3.63) is 29.0 Å². The van der Waals surface area contributed by atoms with Gasteiger partial charge in [0.05, 0.1) is 10.7 Å². The maximum absolute atomic E-state index is 13.1. The Morgan fingerprint density at radius 1 is 1.53 bits per heavy atom. The van der Waals surface area contributed by atoms with Crippen LogP contribution in [-0.4, -0.2) is 18.5 Å². The van der Waals surface area contributed by atoms with E-state index in [0.29, 0.717) is 18.7 Å². The van der Waals surface area contributed by atoms with E-state index in [4.69, 9.17) is 11.6 Å². The van der Waals surface area contributed by atoms with Crippen LogP contribution in [0.2, 0.25) is 5.02 Å². The molecule has 1 unspecified atom stereocenters. The Morgan fingerprint density at radius 2 is 2.33 bits per heavy atom. The number of nitrogens with one attached hydrogen (secondary N) is 2. The summed E-state index contributed by atoms with van der Waals surface area (Å²) in [5.74, 6) is -0.560. The third-order valence-corrected chi connectivity index (χ3v) is 2.71. The maximum Gasteiger partial charge on any atom is 0.242 e. The monoisotopic (exact) mass is 228 g/mol. The molecule has 1 atom stereocenters. The molecule has 1 aliphatic heterocycles. The van der Waals surface area contributed by atoms with Gasteiger partial charge in [-0.15, -0.1) is 0 Å². The van der Waals surface area contributed by atoms with Crippen LogP contribution in [0.4, 0.5) is 10.1 Å². The molecule has 15 heavy (non-hydrogen) atoms. The van der Waals surface area contributed by atoms with E-state index in [9.17, 15) is 9.18 Å². The van der Waals surface area contributed by atoms with Crippen molar-refractivity contribution in [1.82, 2.24) is 5.32 Å². The molecule has 1 fully saturated rings. The number of anilines is 1. The van der Waals surface area contributed by atoms with Crippen LogP contribution >= 0.6 is 11.6 Å². The topological polar surface area (TPSA) is 41.1 Å². The Bertz CT molecular complexity index is 397. The molecule has 0 radical (unpaired) electrons. The number of carbonyl (C=O) groups is 1. The highest BCUT2D eigenvalue weighted by Crippen LogP contribution is 2.25. The summed E-state index contributed by atoms with van der Waals surface area (Å²) in [5.41, 5.74) is 0.457. The SMILES string of the molecule is O=C1NCCC1Nc1cccc(F)c1Cl. The van der Waals surface area contributed by atoms with Crippen LogP contribution in [0.15, 0.2) is 18.2 Å². The molecule has 0 aliphatic carbocycles. The first-order valence-corrected chi connectivity index (χ1v) is 5.04. The zero-order valence-corrected chi connectivity index (χ0v) is 8.64. The smallest absolute Gasteiger partial charge is 0.242 e. The van der Waals surface area contributed by atoms with Gasteiger partial charge < -0.3 is 10.6 Å². The van der Waals surface area contributed by atoms with Gasteiger partial charge in [0.1, 0.15) is 11.9 Å². The summed E-state index contributed by atoms with van der Waals surface area (Å²) in [6, 6.07) is 4.17. The van der Waals surface area contributed by atoms with E-state index in [2.05, 4.69) is 10.6 Å². The van der Waals surface area contributed by atoms with Gasteiger partial charge in [0.25, 0.3) is 0 Å². The number of halogens is 2. The molecule has 0 spiro atoms. The molecule has 1 saturated heterocycles. The standard InChI is InChI=1S/C10H10ClFN2O/c11-9-6(12)2-1-3-7(9)14-8-4-5-13-10(8)15/h1-3,8,14H,4-5H2,(H,13,15). The molecule has 1 aromatic carbocycles. The third-order valence-electron chi connectivity index (χ3n) is 2.33. The molecule has 1 amide bonds. The molecule has 1 aliphatic rings. The molecule has 0 aromatic heterocycles. The van der Waals surface area contributed by atoms with E-state index >= 15 is 0 Å². The van der Waals surface area contributed by atoms with Crippen LogP contribution in [0, 0.1) is 5.82 Å². The Balaban J connectivity index is 2.17. The van der Waals surface area contributed by atoms with Gasteiger partial charge in [0.2, 0.25) is 5.91 Å². The molecular weight excluding hydrogens is 219 g/mol. The molecule has 1 heterocycles. The summed E-state index contributed by atoms with van der Waals surface area (Å²) in [4.78, 5) is 11.3. The van der Waals surface area contributed by atoms with Gasteiger partial charge in [-0.1, -0.05) is 17.7 Å². The van der Waals surface area contributed by atoms with Gasteiger partial charge >= 0.3 is 0 Å². The van der Waals surface area contributed by atoms with Crippen molar-refractivity contribution >= 4 is 23.2 Å². The van der Waals surface area contributed by atoms with Crippen LogP contribution < -0.4 is 10.6 Å². The first-order chi connectivity index (χ1) is 7.18. The molecule has 1 aromatic rings. The van der Waals surface area contributed by atoms with Gasteiger partial charge in [0.15, 0.2) is 0 Å². The minimum Gasteiger partial charge on any atom is -0.372 e. The Morgan fingerprint density at radius 3 is 3.00 bits per heavy atom. The van der Waals surface area contributed by atoms with Crippen LogP contribution in [0.25, 0.3) is 0 Å². The van der Waals surface area contributed by atoms with E-state index in [-0.39, 0.29) is 17.0 Å². The van der Waals surface area contributed by atoms with Gasteiger partial charge in [0, 0.05) is 6.54 Å². The van der Waals surface area contributed by atoms with E-state index in [1.807, 2.05) is 0 Å². The molecule has 2 rings (SSSR count). The lowest BCUT2D eigenvalue weighted by molar-refractivity contribution is -0.119. The Hall–Kier alpha value is -1.29. The minimum absolute atomic E-state index is 0.0252. The molecule has 3 nitrogen and oxygen atoms in total. The fraction of sp³-hybridized carbons (Fsp3) is 0.300. The Labute approximate surface area is 91.6 Å². The number of hydrogen-bond acceptors (Lipinski definition) is 2. The fourth-order valence-corrected chi connectivity index (χ4v) is 1.72. The van der Waals surface area contributed by atoms with Crippen LogP contribution in [0.1, 0.15) is 6.42 Å². The zero-order chi connectivity index (χ0) is 10.8. The quantitative estimate of drug-likeness (QED) is 0.810. The zero-order valence-electron chi connectivity index (χ0n) is 7.89. The highest BCUT2D eigenvalue weighted by atomic mass is 35.5. The third kappa shape index (κ3) is 2.04. The molecule has 0 saturated carbocycles. The van der Waals surface area contributed by atoms with Crippen molar-refractivity contribution < 1.29 is 9.18 Å². The summed E-state index contributed by atoms with van der Waals surface area (Å²) in [6.45, 7) is 0.642. The number of amides is 1. The van der Waals surface area contributed by atoms with Crippen LogP contribution in [0.3, 0.4) is 0 Å². The first-order valence-electron chi connectivity index (χ1n) is 4.67. The average Bonchev–Trinajstić information content (AvgIpc) is 2.60. The summed E-state index contributed by atoms with van der Waals surface area (Å²) in [7, 11) is 0. The number of benzene rings is 1. The van der Waals surface area contributed by atoms with Crippen molar-refractivity contribution in [3.8, 4) is 0 Å². The molecule has 0 bridgehead atoms. The maximum atomic E-state index is 13.1. The predicted octanol–water partition coefficient (Wildman–Crippen LogP) is 1.78. The van der Waals surface area contributed by atoms with Crippen molar-refractivity contribution in [2.24, 2.45) is 0 Å². The number of hydrogen-bond donors (Lipinski definition) is 2. The highest BCUT2D eigenvalue weighted by molar-refractivity contribution is 6.33. The van der Waals surface area contributed by atoms with Gasteiger partial charge in [-0.2, -0.15) is 0 Å². The van der Waals surface area contributed by atoms with Crippen molar-refractivity contribution in [3.63, 3.8) is 0 Å². The van der Waals surface area contributed by atoms with E-state index in [0.717, 1.165) is 0 Å². The number of rotatable bonds is 2. The average molecular weight is 229 g/mol. The van der Waals surface area contributed by atoms with Crippen LogP contribution in [0.5, 0.6) is 0 Å². The molecule has 2 N–H and O–H groups in total. The van der Waals surface area contributed by atoms with Gasteiger partial charge in [-0.05, 0) is 18.6 Å². The second kappa shape index (κ2) is 4.06. The lowest BCUT2D eigenvalue weighted by Crippen LogP contribution is -2.29. The second-order valence-electron chi connectivity index (χ2n) is 3.38. The highest BCUT2D eigenvalue weighted by Gasteiger charge is 2.24. The second-order valence-corrected chi connectivity index (χ2v) is 3.76. The summed E-state index contributed by atoms with van der Waals surface area (Å²) in [6.07, 6.45) is 0.686. The van der Waals surface area contributed by atoms with Crippen molar-refractivity contribution in [1.29, 1.82) is 0 Å². The summed E-state index contributed by atoms with van der Waals surface area (Å²) < 4.78 is 13.1. The fourth-order valence-electron chi connectivity index (χ4n) is 1.53. The van der Waals surface area contributed by atoms with E-state index in [1.165, 1.54) is 6.07 Å². The minimum atomic E-state index is -0.486. The van der Waals surface area contributed by atoms with Crippen molar-refractivity contribution in [2.75, 3.05) is 11.9 Å². The van der Waals surface area contributed by atoms with E-state index < -0.39 is 5.82 Å². The molecule has 80 valence electrons. The number of carbonyl (C=O) groups excluding carboxylic acids is 1. The molecular formula is C10H10ClFN2O. The predicted molar refractivity (Wildman–Crippen MR) is 56.4 cm³/mol. The first kappa shape index (κ1) is 10.2. The van der Waals surface area contributed by atoms with E-state index in [1.54, 1.807) is 12.1 Å². The lowest BCUT2D eigenvalue weighted by atomic mass is 10.2. The normalized spacial score (nSPS) is 20.1. The lowest BCUT2D eigenvalue weighted by Gasteiger charge is -2.12.